The van der Waals surface area contributed by atoms with Gasteiger partial charge >= 0.3 is 0 Å². The largest absolute Gasteiger partial charge is 0.313 e. The Morgan fingerprint density at radius 2 is 1.80 bits per heavy atom. The number of hydrogen-bond acceptors (Lipinski definition) is 4. The molecule has 1 rings (SSSR count). The highest BCUT2D eigenvalue weighted by atomic mass is 32.2. The van der Waals surface area contributed by atoms with Crippen LogP contribution in [-0.2, 0) is 10.0 Å². The molecule has 1 N–H and O–H groups in total. The molecule has 1 atom stereocenters. The van der Waals surface area contributed by atoms with Gasteiger partial charge < -0.3 is 10.2 Å². The minimum Gasteiger partial charge on any atom is -0.313 e. The fourth-order valence-corrected chi connectivity index (χ4v) is 4.10. The first-order valence-electron chi connectivity index (χ1n) is 7.71. The standard InChI is InChI=1S/C14H31N3O2S/c1-6-17-9-7-14(8-10-17)16(5)20(18,19)13(4)11-15-12(2)3/h12-15H,6-11H2,1-5H3. The summed E-state index contributed by atoms with van der Waals surface area (Å²) in [7, 11) is -1.46. The molecule has 5 nitrogen and oxygen atoms in total. The second-order valence-electron chi connectivity index (χ2n) is 6.10. The summed E-state index contributed by atoms with van der Waals surface area (Å²) in [5.74, 6) is 0. The Hall–Kier alpha value is -0.170. The zero-order valence-electron chi connectivity index (χ0n) is 13.6. The Labute approximate surface area is 124 Å². The Bertz CT molecular complexity index is 376. The van der Waals surface area contributed by atoms with Crippen molar-refractivity contribution >= 4 is 10.0 Å². The number of hydrogen-bond donors (Lipinski definition) is 1. The first kappa shape index (κ1) is 17.9. The molecule has 6 heteroatoms. The lowest BCUT2D eigenvalue weighted by atomic mass is 10.1. The van der Waals surface area contributed by atoms with E-state index in [0.717, 1.165) is 32.5 Å². The number of likely N-dealkylation sites (tertiary alicyclic amines) is 1. The second-order valence-corrected chi connectivity index (χ2v) is 8.51. The molecule has 1 heterocycles. The van der Waals surface area contributed by atoms with Crippen LogP contribution in [0.25, 0.3) is 0 Å². The Balaban J connectivity index is 2.58. The molecule has 0 aromatic heterocycles. The highest BCUT2D eigenvalue weighted by molar-refractivity contribution is 7.89. The molecule has 0 saturated carbocycles. The van der Waals surface area contributed by atoms with Gasteiger partial charge in [-0.25, -0.2) is 12.7 Å². The zero-order valence-corrected chi connectivity index (χ0v) is 14.4. The van der Waals surface area contributed by atoms with Crippen molar-refractivity contribution < 1.29 is 8.42 Å². The molecule has 0 bridgehead atoms. The maximum absolute atomic E-state index is 12.6. The molecule has 0 aromatic rings. The quantitative estimate of drug-likeness (QED) is 0.766. The highest BCUT2D eigenvalue weighted by Crippen LogP contribution is 2.20. The van der Waals surface area contributed by atoms with E-state index >= 15 is 0 Å². The molecular weight excluding hydrogens is 274 g/mol. The third-order valence-electron chi connectivity index (χ3n) is 4.24. The average Bonchev–Trinajstić information content (AvgIpc) is 2.43. The number of nitrogens with zero attached hydrogens (tertiary/aromatic N) is 2. The van der Waals surface area contributed by atoms with Crippen LogP contribution in [0.3, 0.4) is 0 Å². The van der Waals surface area contributed by atoms with Gasteiger partial charge in [0.25, 0.3) is 0 Å². The van der Waals surface area contributed by atoms with E-state index in [1.54, 1.807) is 18.3 Å². The molecular formula is C14H31N3O2S. The van der Waals surface area contributed by atoms with E-state index in [2.05, 4.69) is 17.1 Å². The fraction of sp³-hybridized carbons (Fsp3) is 1.00. The molecule has 1 unspecified atom stereocenters. The molecule has 20 heavy (non-hydrogen) atoms. The molecule has 0 aliphatic carbocycles. The minimum atomic E-state index is -3.21. The minimum absolute atomic E-state index is 0.157. The van der Waals surface area contributed by atoms with Crippen LogP contribution in [0.2, 0.25) is 0 Å². The van der Waals surface area contributed by atoms with Crippen LogP contribution in [0.5, 0.6) is 0 Å². The number of rotatable bonds is 7. The van der Waals surface area contributed by atoms with Crippen molar-refractivity contribution in [3.8, 4) is 0 Å². The summed E-state index contributed by atoms with van der Waals surface area (Å²) in [6.07, 6.45) is 1.88. The van der Waals surface area contributed by atoms with Gasteiger partial charge in [-0.3, -0.25) is 0 Å². The van der Waals surface area contributed by atoms with Gasteiger partial charge in [0, 0.05) is 25.7 Å². The lowest BCUT2D eigenvalue weighted by Crippen LogP contribution is -2.49. The van der Waals surface area contributed by atoms with Crippen molar-refractivity contribution in [1.82, 2.24) is 14.5 Å². The monoisotopic (exact) mass is 305 g/mol. The van der Waals surface area contributed by atoms with Crippen LogP contribution in [0, 0.1) is 0 Å². The van der Waals surface area contributed by atoms with Crippen LogP contribution >= 0.6 is 0 Å². The van der Waals surface area contributed by atoms with E-state index in [1.165, 1.54) is 0 Å². The third-order valence-corrected chi connectivity index (χ3v) is 6.53. The van der Waals surface area contributed by atoms with Gasteiger partial charge in [0.15, 0.2) is 0 Å². The van der Waals surface area contributed by atoms with Crippen molar-refractivity contribution in [2.24, 2.45) is 0 Å². The molecule has 0 spiro atoms. The molecule has 0 radical (unpaired) electrons. The summed E-state index contributed by atoms with van der Waals surface area (Å²) in [5.41, 5.74) is 0. The molecule has 0 aromatic carbocycles. The molecule has 1 fully saturated rings. The number of piperidine rings is 1. The smallest absolute Gasteiger partial charge is 0.217 e. The van der Waals surface area contributed by atoms with E-state index in [9.17, 15) is 8.42 Å². The Kier molecular flexibility index (Phi) is 6.91. The van der Waals surface area contributed by atoms with Crippen LogP contribution in [0.4, 0.5) is 0 Å². The van der Waals surface area contributed by atoms with Crippen molar-refractivity contribution in [2.45, 2.75) is 57.9 Å². The predicted molar refractivity (Wildman–Crippen MR) is 84.4 cm³/mol. The van der Waals surface area contributed by atoms with Crippen LogP contribution < -0.4 is 5.32 Å². The van der Waals surface area contributed by atoms with E-state index in [0.29, 0.717) is 12.6 Å². The van der Waals surface area contributed by atoms with Gasteiger partial charge in [0.05, 0.1) is 5.25 Å². The number of nitrogens with one attached hydrogen (secondary N) is 1. The summed E-state index contributed by atoms with van der Waals surface area (Å²) < 4.78 is 26.7. The van der Waals surface area contributed by atoms with Gasteiger partial charge in [0.1, 0.15) is 0 Å². The van der Waals surface area contributed by atoms with Crippen molar-refractivity contribution in [1.29, 1.82) is 0 Å². The summed E-state index contributed by atoms with van der Waals surface area (Å²) >= 11 is 0. The zero-order chi connectivity index (χ0) is 15.3. The van der Waals surface area contributed by atoms with Crippen LogP contribution in [-0.4, -0.2) is 68.2 Å². The molecule has 1 aliphatic rings. The average molecular weight is 305 g/mol. The van der Waals surface area contributed by atoms with E-state index < -0.39 is 10.0 Å². The van der Waals surface area contributed by atoms with E-state index in [4.69, 9.17) is 0 Å². The van der Waals surface area contributed by atoms with Crippen LogP contribution in [0.15, 0.2) is 0 Å². The van der Waals surface area contributed by atoms with Crippen molar-refractivity contribution in [3.05, 3.63) is 0 Å². The van der Waals surface area contributed by atoms with Gasteiger partial charge in [-0.05, 0) is 39.4 Å². The van der Waals surface area contributed by atoms with Gasteiger partial charge in [0.2, 0.25) is 10.0 Å². The second kappa shape index (κ2) is 7.73. The highest BCUT2D eigenvalue weighted by Gasteiger charge is 2.32. The number of sulfonamides is 1. The predicted octanol–water partition coefficient (Wildman–Crippen LogP) is 1.12. The van der Waals surface area contributed by atoms with Gasteiger partial charge in [-0.2, -0.15) is 0 Å². The first-order chi connectivity index (χ1) is 9.28. The molecule has 1 saturated heterocycles. The van der Waals surface area contributed by atoms with Crippen molar-refractivity contribution in [2.75, 3.05) is 33.2 Å². The Morgan fingerprint density at radius 3 is 2.25 bits per heavy atom. The molecule has 0 amide bonds. The summed E-state index contributed by atoms with van der Waals surface area (Å²) in [6.45, 7) is 11.6. The summed E-state index contributed by atoms with van der Waals surface area (Å²) in [6, 6.07) is 0.468. The Morgan fingerprint density at radius 1 is 1.25 bits per heavy atom. The van der Waals surface area contributed by atoms with Gasteiger partial charge in [-0.1, -0.05) is 20.8 Å². The third kappa shape index (κ3) is 4.69. The van der Waals surface area contributed by atoms with Crippen LogP contribution in [0.1, 0.15) is 40.5 Å². The fourth-order valence-electron chi connectivity index (χ4n) is 2.60. The first-order valence-corrected chi connectivity index (χ1v) is 9.22. The molecule has 120 valence electrons. The normalized spacial score (nSPS) is 20.8. The lowest BCUT2D eigenvalue weighted by molar-refractivity contribution is 0.176. The van der Waals surface area contributed by atoms with E-state index in [-0.39, 0.29) is 11.3 Å². The summed E-state index contributed by atoms with van der Waals surface area (Å²) in [4.78, 5) is 2.38. The molecule has 1 aliphatic heterocycles. The van der Waals surface area contributed by atoms with Crippen molar-refractivity contribution in [3.63, 3.8) is 0 Å². The SMILES string of the molecule is CCN1CCC(N(C)S(=O)(=O)C(C)CNC(C)C)CC1. The maximum atomic E-state index is 12.6. The lowest BCUT2D eigenvalue weighted by Gasteiger charge is -2.36. The summed E-state index contributed by atoms with van der Waals surface area (Å²) in [5, 5.41) is 2.84. The van der Waals surface area contributed by atoms with E-state index in [1.807, 2.05) is 13.8 Å². The maximum Gasteiger partial charge on any atom is 0.217 e. The topological polar surface area (TPSA) is 52.7 Å². The van der Waals surface area contributed by atoms with Gasteiger partial charge in [-0.15, -0.1) is 0 Å².